The molecule has 6 fully saturated rings. The maximum absolute atomic E-state index is 13.6. The number of anilines is 6. The molecule has 0 radical (unpaired) electrons. The largest absolute Gasteiger partial charge is 0.478 e. The van der Waals surface area contributed by atoms with Gasteiger partial charge in [0, 0.05) is 132 Å². The topological polar surface area (TPSA) is 288 Å². The van der Waals surface area contributed by atoms with E-state index in [9.17, 15) is 41.1 Å². The van der Waals surface area contributed by atoms with E-state index in [1.165, 1.54) is 59.7 Å². The summed E-state index contributed by atoms with van der Waals surface area (Å²) >= 11 is 28.6. The number of rotatable bonds is 18. The van der Waals surface area contributed by atoms with Gasteiger partial charge in [-0.1, -0.05) is 147 Å². The molecule has 10 aromatic rings. The van der Waals surface area contributed by atoms with Gasteiger partial charge in [-0.2, -0.15) is 0 Å². The molecule has 1 amide bonds. The van der Waals surface area contributed by atoms with Crippen LogP contribution in [0.25, 0.3) is 0 Å². The Morgan fingerprint density at radius 3 is 1.02 bits per heavy atom. The van der Waals surface area contributed by atoms with Crippen LogP contribution in [0.15, 0.2) is 208 Å². The van der Waals surface area contributed by atoms with E-state index in [0.717, 1.165) is 241 Å². The number of aryl methyl sites for hydroxylation is 8. The van der Waals surface area contributed by atoms with E-state index < -0.39 is 26.0 Å². The number of sulfonamides is 2. The minimum absolute atomic E-state index is 0.0604. The van der Waals surface area contributed by atoms with Crippen LogP contribution < -0.4 is 50.7 Å². The second kappa shape index (κ2) is 49.3. The smallest absolute Gasteiger partial charge is 0.338 e. The van der Waals surface area contributed by atoms with Crippen molar-refractivity contribution in [2.45, 2.75) is 142 Å². The fourth-order valence-electron chi connectivity index (χ4n) is 18.3. The third-order valence-corrected chi connectivity index (χ3v) is 30.2. The number of nitrogens with one attached hydrogen (secondary N) is 1. The zero-order valence-corrected chi connectivity index (χ0v) is 84.7. The Morgan fingerprint density at radius 2 is 0.679 bits per heavy atom. The lowest BCUT2D eigenvalue weighted by molar-refractivity contribution is 0.0590. The number of carboxylic acid groups (broad SMARTS) is 1. The summed E-state index contributed by atoms with van der Waals surface area (Å²) in [5.74, 6) is 0.454. The number of piperidine rings is 4. The number of ether oxygens (including phenoxy) is 2. The van der Waals surface area contributed by atoms with Gasteiger partial charge < -0.3 is 59.9 Å². The lowest BCUT2D eigenvalue weighted by Crippen LogP contribution is -2.49. The number of halogens is 5. The van der Waals surface area contributed by atoms with Crippen LogP contribution in [0.2, 0.25) is 20.1 Å². The summed E-state index contributed by atoms with van der Waals surface area (Å²) in [4.78, 5) is 64.1. The van der Waals surface area contributed by atoms with Crippen LogP contribution in [0.4, 0.5) is 34.1 Å². The monoisotopic (exact) mass is 2000 g/mol. The molecular weight excluding hydrogens is 1880 g/mol. The average Bonchev–Trinajstić information content (AvgIpc) is 0.799. The predicted octanol–water partition coefficient (Wildman–Crippen LogP) is 20.2. The lowest BCUT2D eigenvalue weighted by atomic mass is 9.86. The lowest BCUT2D eigenvalue weighted by Gasteiger charge is -2.36. The van der Waals surface area contributed by atoms with Gasteiger partial charge >= 0.3 is 17.9 Å². The zero-order chi connectivity index (χ0) is 96.7. The van der Waals surface area contributed by atoms with Crippen LogP contribution in [0, 0.1) is 73.1 Å². The zero-order valence-electron chi connectivity index (χ0n) is 78.5. The van der Waals surface area contributed by atoms with Crippen molar-refractivity contribution in [1.82, 2.24) is 10.2 Å². The van der Waals surface area contributed by atoms with Crippen LogP contribution >= 0.6 is 62.3 Å². The third kappa shape index (κ3) is 29.2. The number of piperazine rings is 2. The number of esters is 2. The van der Waals surface area contributed by atoms with Gasteiger partial charge in [0.05, 0.1) is 83.5 Å². The van der Waals surface area contributed by atoms with Gasteiger partial charge in [-0.15, -0.1) is 0 Å². The predicted molar refractivity (Wildman–Crippen MR) is 551 cm³/mol. The highest BCUT2D eigenvalue weighted by Gasteiger charge is 2.30. The molecule has 8 N–H and O–H groups in total. The van der Waals surface area contributed by atoms with Crippen molar-refractivity contribution in [2.75, 3.05) is 148 Å². The standard InChI is InChI=1S/C31H37ClN4O3S.C22H26ClNO2.C21H24ClNO2.C11H15ClN2.C10H11BrO2.C10H15N3O2S/c1-22-18-23(2)28(20-25(22)19-24-10-12-35(13-11-24)30-9-4-3-8-29(30)32)31(37)36-16-14-34(15-17-36)26-6-5-7-27(21-26)40(33,38)39;1-15-12-16(2)19(22(25)26-3)14-18(15)13-17-8-10-24(11-9-17)21-7-5-4-6-20(21)23;1-14-11-15(2)18(21(24)25)13-17(14)12-16-7-9-23(10-8-16)20-6-4-3-5-19(20)22;12-10-3-1-2-4-11(10)14-7-5-9(13)6-8-14;1-6-4-7(2)9(11)5-8(6)10(12)13-3;11-16(14,15)10-3-1-2-9(8-10)13-6-4-12-5-7-13/h3-9,18,20-21,24H,10-17,19H2,1-2H3,(H2,33,38,39);4-7,12,14,17H,8-11,13H2,1-3H3;3-6,11,13,16H,7-10,12H2,1-2H3,(H,24,25);1-4,9H,5-8,13H2;4-5H,1-3H3;1-3,8,12H,4-7H2,(H2,11,14,15). The molecule has 6 heterocycles. The molecule has 22 nitrogen and oxygen atoms in total. The van der Waals surface area contributed by atoms with Crippen molar-refractivity contribution >= 4 is 140 Å². The van der Waals surface area contributed by atoms with Gasteiger partial charge in [0.2, 0.25) is 20.0 Å². The minimum atomic E-state index is -3.76. The first-order valence-electron chi connectivity index (χ1n) is 45.9. The summed E-state index contributed by atoms with van der Waals surface area (Å²) in [6, 6.07) is 61.9. The molecular formula is C105H128BrCl4N11O11S2. The second-order valence-corrected chi connectivity index (χ2v) is 41.2. The first-order valence-corrected chi connectivity index (χ1v) is 51.3. The van der Waals surface area contributed by atoms with Gasteiger partial charge in [0.25, 0.3) is 5.91 Å². The number of amides is 1. The van der Waals surface area contributed by atoms with Crippen LogP contribution in [-0.4, -0.2) is 176 Å². The first kappa shape index (κ1) is 105. The van der Waals surface area contributed by atoms with Crippen molar-refractivity contribution in [3.63, 3.8) is 0 Å². The molecule has 29 heteroatoms. The number of nitrogens with two attached hydrogens (primary N) is 3. The van der Waals surface area contributed by atoms with Crippen molar-refractivity contribution in [1.29, 1.82) is 0 Å². The molecule has 0 aliphatic carbocycles. The Morgan fingerprint density at radius 1 is 0.373 bits per heavy atom. The normalized spacial score (nSPS) is 15.8. The number of nitrogens with zero attached hydrogens (tertiary/aromatic N) is 7. The van der Waals surface area contributed by atoms with Crippen LogP contribution in [0.1, 0.15) is 154 Å². The molecule has 0 aromatic heterocycles. The number of hydrogen-bond donors (Lipinski definition) is 5. The van der Waals surface area contributed by atoms with Crippen LogP contribution in [0.3, 0.4) is 0 Å². The molecule has 0 bridgehead atoms. The van der Waals surface area contributed by atoms with Crippen molar-refractivity contribution in [3.8, 4) is 0 Å². The average molecular weight is 2010 g/mol. The van der Waals surface area contributed by atoms with E-state index in [1.54, 1.807) is 30.3 Å². The third-order valence-electron chi connectivity index (χ3n) is 26.2. The molecule has 716 valence electrons. The van der Waals surface area contributed by atoms with Crippen LogP contribution in [0.5, 0.6) is 0 Å². The van der Waals surface area contributed by atoms with Gasteiger partial charge in [-0.25, -0.2) is 41.5 Å². The molecule has 0 spiro atoms. The molecule has 16 rings (SSSR count). The molecule has 6 aliphatic rings. The summed E-state index contributed by atoms with van der Waals surface area (Å²) < 4.78 is 56.4. The molecule has 0 atom stereocenters. The van der Waals surface area contributed by atoms with Crippen LogP contribution in [-0.2, 0) is 48.8 Å². The number of carbonyl (C=O) groups is 4. The van der Waals surface area contributed by atoms with Gasteiger partial charge in [-0.05, 0) is 314 Å². The van der Waals surface area contributed by atoms with Crippen molar-refractivity contribution in [2.24, 2.45) is 33.8 Å². The van der Waals surface area contributed by atoms with Gasteiger partial charge in [-0.3, -0.25) is 4.79 Å². The number of hydrogen-bond acceptors (Lipinski definition) is 18. The highest BCUT2D eigenvalue weighted by atomic mass is 79.9. The van der Waals surface area contributed by atoms with E-state index in [-0.39, 0.29) is 27.6 Å². The van der Waals surface area contributed by atoms with E-state index in [2.05, 4.69) is 119 Å². The molecule has 0 unspecified atom stereocenters. The van der Waals surface area contributed by atoms with Gasteiger partial charge in [0.15, 0.2) is 0 Å². The Kier molecular flexibility index (Phi) is 38.6. The fourth-order valence-corrected chi connectivity index (χ4v) is 20.8. The van der Waals surface area contributed by atoms with E-state index in [4.69, 9.17) is 67.2 Å². The fraction of sp³-hybridized carbons (Fsp3) is 0.390. The Bertz CT molecular complexity index is 5950. The summed E-state index contributed by atoms with van der Waals surface area (Å²) in [6.45, 7) is 30.1. The summed E-state index contributed by atoms with van der Waals surface area (Å²) in [6.07, 6.45) is 11.7. The van der Waals surface area contributed by atoms with E-state index in [1.807, 2.05) is 149 Å². The Hall–Kier alpha value is -9.74. The molecule has 0 saturated carbocycles. The number of benzene rings is 10. The highest BCUT2D eigenvalue weighted by molar-refractivity contribution is 9.10. The summed E-state index contributed by atoms with van der Waals surface area (Å²) in [5.41, 5.74) is 26.8. The Labute approximate surface area is 821 Å². The number of primary sulfonamides is 2. The highest BCUT2D eigenvalue weighted by Crippen LogP contribution is 2.38. The quantitative estimate of drug-likeness (QED) is 0.0499. The molecule has 6 aliphatic heterocycles. The SMILES string of the molecule is COC(=O)c1cc(Br)c(C)cc1C.COC(=O)c1cc(CC2CCN(c3ccccc3Cl)CC2)c(C)cc1C.Cc1cc(C)c(C(=O)N2CCN(c3cccc(S(N)(=O)=O)c3)CC2)cc1CC1CCN(c2ccccc2Cl)CC1.Cc1cc(C)c(C(=O)O)cc1CC1CCN(c2ccccc2Cl)CC1.NC1CCN(c2ccccc2Cl)CC1.NS(=O)(=O)c1cccc(N2CCNCC2)c1. The number of para-hydroxylation sites is 4. The maximum atomic E-state index is 13.6. The van der Waals surface area contributed by atoms with Gasteiger partial charge in [0.1, 0.15) is 0 Å². The van der Waals surface area contributed by atoms with Crippen molar-refractivity contribution in [3.05, 3.63) is 302 Å². The molecule has 10 aromatic carbocycles. The number of carboxylic acids is 1. The maximum Gasteiger partial charge on any atom is 0.338 e. The Balaban J connectivity index is 0.000000162. The summed E-state index contributed by atoms with van der Waals surface area (Å²) in [5, 5.41) is 26.3. The number of aromatic carboxylic acids is 1. The molecule has 6 saturated heterocycles. The number of methoxy groups -OCH3 is 2. The van der Waals surface area contributed by atoms with Crippen molar-refractivity contribution < 1.29 is 50.6 Å². The number of carbonyl (C=O) groups excluding carboxylic acids is 3. The molecule has 134 heavy (non-hydrogen) atoms. The minimum Gasteiger partial charge on any atom is -0.478 e. The first-order chi connectivity index (χ1) is 63.9. The van der Waals surface area contributed by atoms with E-state index >= 15 is 0 Å². The second-order valence-electron chi connectivity index (χ2n) is 35.6. The van der Waals surface area contributed by atoms with E-state index in [0.29, 0.717) is 66.7 Å². The summed E-state index contributed by atoms with van der Waals surface area (Å²) in [7, 11) is -4.55.